The van der Waals surface area contributed by atoms with Gasteiger partial charge >= 0.3 is 11.9 Å². The summed E-state index contributed by atoms with van der Waals surface area (Å²) >= 11 is 0. The zero-order chi connectivity index (χ0) is 16.5. The lowest BCUT2D eigenvalue weighted by Crippen LogP contribution is -2.52. The van der Waals surface area contributed by atoms with Gasteiger partial charge in [-0.15, -0.1) is 0 Å². The van der Waals surface area contributed by atoms with Crippen molar-refractivity contribution in [1.29, 1.82) is 0 Å². The lowest BCUT2D eigenvalue weighted by molar-refractivity contribution is -0.163. The van der Waals surface area contributed by atoms with Crippen LogP contribution in [0.25, 0.3) is 0 Å². The van der Waals surface area contributed by atoms with E-state index in [-0.39, 0.29) is 29.2 Å². The molecule has 0 amide bonds. The van der Waals surface area contributed by atoms with Crippen molar-refractivity contribution in [2.24, 2.45) is 22.7 Å². The second kappa shape index (κ2) is 5.90. The molecule has 1 saturated carbocycles. The lowest BCUT2D eigenvalue weighted by Gasteiger charge is -2.55. The van der Waals surface area contributed by atoms with Crippen LogP contribution in [-0.4, -0.2) is 26.2 Å². The molecule has 0 heterocycles. The van der Waals surface area contributed by atoms with Crippen LogP contribution in [0.3, 0.4) is 0 Å². The molecule has 0 spiro atoms. The fourth-order valence-electron chi connectivity index (χ4n) is 4.53. The molecule has 0 N–H and O–H groups in total. The SMILES string of the molecule is C=C1C=CC2[C@](C)(CCC[C@]2(C)C(=O)OC)[C@H]1CC(=O)OC. The minimum atomic E-state index is -0.548. The third-order valence-electron chi connectivity index (χ3n) is 5.81. The molecular formula is C18H26O4. The van der Waals surface area contributed by atoms with E-state index in [2.05, 4.69) is 19.6 Å². The number of allylic oxidation sites excluding steroid dienone is 3. The predicted octanol–water partition coefficient (Wildman–Crippen LogP) is 3.28. The molecule has 0 radical (unpaired) electrons. The number of ether oxygens (including phenoxy) is 2. The summed E-state index contributed by atoms with van der Waals surface area (Å²) < 4.78 is 9.92. The van der Waals surface area contributed by atoms with Gasteiger partial charge in [-0.3, -0.25) is 9.59 Å². The molecule has 4 atom stereocenters. The standard InChI is InChI=1S/C18H26O4/c1-12-7-8-14-17(2,13(12)11-15(19)21-4)9-6-10-18(14,3)16(20)22-5/h7-8,13-14H,1,6,9-11H2,2-5H3/t13-,14?,17+,18-/m0/s1. The zero-order valence-corrected chi connectivity index (χ0v) is 14.0. The molecule has 1 fully saturated rings. The van der Waals surface area contributed by atoms with E-state index in [9.17, 15) is 9.59 Å². The summed E-state index contributed by atoms with van der Waals surface area (Å²) in [6, 6.07) is 0. The molecule has 22 heavy (non-hydrogen) atoms. The van der Waals surface area contributed by atoms with Crippen molar-refractivity contribution in [3.05, 3.63) is 24.3 Å². The van der Waals surface area contributed by atoms with Gasteiger partial charge in [0.15, 0.2) is 0 Å². The molecule has 4 nitrogen and oxygen atoms in total. The van der Waals surface area contributed by atoms with Crippen LogP contribution in [0.4, 0.5) is 0 Å². The van der Waals surface area contributed by atoms with Crippen LogP contribution in [0.2, 0.25) is 0 Å². The average Bonchev–Trinajstić information content (AvgIpc) is 2.49. The number of carbonyl (C=O) groups excluding carboxylic acids is 2. The molecule has 0 aromatic rings. The van der Waals surface area contributed by atoms with E-state index < -0.39 is 5.41 Å². The highest BCUT2D eigenvalue weighted by molar-refractivity contribution is 5.78. The van der Waals surface area contributed by atoms with Gasteiger partial charge in [0.1, 0.15) is 0 Å². The second-order valence-electron chi connectivity index (χ2n) is 7.01. The Kier molecular flexibility index (Phi) is 4.50. The summed E-state index contributed by atoms with van der Waals surface area (Å²) in [4.78, 5) is 24.2. The highest BCUT2D eigenvalue weighted by Crippen LogP contribution is 2.59. The molecule has 2 aliphatic carbocycles. The molecular weight excluding hydrogens is 280 g/mol. The first-order valence-electron chi connectivity index (χ1n) is 7.82. The van der Waals surface area contributed by atoms with E-state index in [4.69, 9.17) is 9.47 Å². The van der Waals surface area contributed by atoms with Crippen LogP contribution < -0.4 is 0 Å². The van der Waals surface area contributed by atoms with Crippen molar-refractivity contribution in [2.45, 2.75) is 39.5 Å². The van der Waals surface area contributed by atoms with Crippen molar-refractivity contribution in [3.63, 3.8) is 0 Å². The largest absolute Gasteiger partial charge is 0.469 e. The van der Waals surface area contributed by atoms with E-state index in [1.807, 2.05) is 13.0 Å². The summed E-state index contributed by atoms with van der Waals surface area (Å²) in [5.74, 6) is -0.357. The molecule has 2 aliphatic rings. The maximum absolute atomic E-state index is 12.4. The van der Waals surface area contributed by atoms with E-state index in [1.165, 1.54) is 14.2 Å². The number of fused-ring (bicyclic) bond motifs is 1. The van der Waals surface area contributed by atoms with Gasteiger partial charge in [0.05, 0.1) is 26.1 Å². The number of rotatable bonds is 3. The molecule has 1 unspecified atom stereocenters. The van der Waals surface area contributed by atoms with Crippen LogP contribution in [0.15, 0.2) is 24.3 Å². The Morgan fingerprint density at radius 3 is 2.55 bits per heavy atom. The van der Waals surface area contributed by atoms with Crippen LogP contribution in [0.1, 0.15) is 39.5 Å². The average molecular weight is 306 g/mol. The van der Waals surface area contributed by atoms with E-state index in [1.54, 1.807) is 0 Å². The Hall–Kier alpha value is -1.58. The van der Waals surface area contributed by atoms with Gasteiger partial charge in [-0.05, 0) is 37.0 Å². The van der Waals surface area contributed by atoms with Crippen LogP contribution in [-0.2, 0) is 19.1 Å². The van der Waals surface area contributed by atoms with Crippen molar-refractivity contribution in [3.8, 4) is 0 Å². The van der Waals surface area contributed by atoms with Gasteiger partial charge < -0.3 is 9.47 Å². The van der Waals surface area contributed by atoms with Crippen LogP contribution in [0.5, 0.6) is 0 Å². The molecule has 122 valence electrons. The van der Waals surface area contributed by atoms with Crippen molar-refractivity contribution < 1.29 is 19.1 Å². The fourth-order valence-corrected chi connectivity index (χ4v) is 4.53. The second-order valence-corrected chi connectivity index (χ2v) is 7.01. The highest BCUT2D eigenvalue weighted by atomic mass is 16.5. The normalized spacial score (nSPS) is 37.4. The first kappa shape index (κ1) is 16.8. The van der Waals surface area contributed by atoms with Crippen molar-refractivity contribution in [1.82, 2.24) is 0 Å². The maximum atomic E-state index is 12.4. The fraction of sp³-hybridized carbons (Fsp3) is 0.667. The number of hydrogen-bond acceptors (Lipinski definition) is 4. The molecule has 4 heteroatoms. The summed E-state index contributed by atoms with van der Waals surface area (Å²) in [5, 5.41) is 0. The molecule has 0 aromatic carbocycles. The van der Waals surface area contributed by atoms with Gasteiger partial charge in [0.25, 0.3) is 0 Å². The van der Waals surface area contributed by atoms with E-state index in [0.29, 0.717) is 6.42 Å². The van der Waals surface area contributed by atoms with Crippen molar-refractivity contribution in [2.75, 3.05) is 14.2 Å². The number of esters is 2. The lowest BCUT2D eigenvalue weighted by atomic mass is 9.48. The molecule has 0 aliphatic heterocycles. The predicted molar refractivity (Wildman–Crippen MR) is 84.0 cm³/mol. The molecule has 2 rings (SSSR count). The Morgan fingerprint density at radius 1 is 1.27 bits per heavy atom. The van der Waals surface area contributed by atoms with E-state index >= 15 is 0 Å². The van der Waals surface area contributed by atoms with Gasteiger partial charge in [-0.1, -0.05) is 37.6 Å². The summed E-state index contributed by atoms with van der Waals surface area (Å²) in [6.45, 7) is 8.27. The van der Waals surface area contributed by atoms with Gasteiger partial charge in [-0.2, -0.15) is 0 Å². The first-order chi connectivity index (χ1) is 10.3. The summed E-state index contributed by atoms with van der Waals surface area (Å²) in [6.07, 6.45) is 7.08. The summed E-state index contributed by atoms with van der Waals surface area (Å²) in [7, 11) is 2.85. The van der Waals surface area contributed by atoms with E-state index in [0.717, 1.165) is 24.8 Å². The first-order valence-corrected chi connectivity index (χ1v) is 7.82. The quantitative estimate of drug-likeness (QED) is 0.751. The Balaban J connectivity index is 2.43. The third-order valence-corrected chi connectivity index (χ3v) is 5.81. The van der Waals surface area contributed by atoms with Gasteiger partial charge in [0.2, 0.25) is 0 Å². The molecule has 0 bridgehead atoms. The smallest absolute Gasteiger partial charge is 0.312 e. The van der Waals surface area contributed by atoms with Gasteiger partial charge in [-0.25, -0.2) is 0 Å². The third kappa shape index (κ3) is 2.49. The van der Waals surface area contributed by atoms with Gasteiger partial charge in [0, 0.05) is 0 Å². The monoisotopic (exact) mass is 306 g/mol. The number of hydrogen-bond donors (Lipinski definition) is 0. The number of methoxy groups -OCH3 is 2. The summed E-state index contributed by atoms with van der Waals surface area (Å²) in [5.41, 5.74) is 0.215. The molecule has 0 aromatic heterocycles. The Morgan fingerprint density at radius 2 is 1.95 bits per heavy atom. The Labute approximate surface area is 132 Å². The van der Waals surface area contributed by atoms with Crippen molar-refractivity contribution >= 4 is 11.9 Å². The zero-order valence-electron chi connectivity index (χ0n) is 14.0. The maximum Gasteiger partial charge on any atom is 0.312 e. The van der Waals surface area contributed by atoms with Crippen LogP contribution >= 0.6 is 0 Å². The minimum Gasteiger partial charge on any atom is -0.469 e. The highest BCUT2D eigenvalue weighted by Gasteiger charge is 2.56. The topological polar surface area (TPSA) is 52.6 Å². The number of carbonyl (C=O) groups is 2. The minimum absolute atomic E-state index is 0.000712. The molecule has 0 saturated heterocycles. The Bertz CT molecular complexity index is 521. The van der Waals surface area contributed by atoms with Crippen LogP contribution in [0, 0.1) is 22.7 Å².